The predicted octanol–water partition coefficient (Wildman–Crippen LogP) is 5.98. The topological polar surface area (TPSA) is 147 Å². The minimum atomic E-state index is -1.28. The van der Waals surface area contributed by atoms with Crippen molar-refractivity contribution in [3.63, 3.8) is 0 Å². The number of aromatic hydroxyl groups is 1. The number of aromatic amines is 1. The molecule has 0 saturated heterocycles. The highest BCUT2D eigenvalue weighted by atomic mass is 32.1. The van der Waals surface area contributed by atoms with Crippen molar-refractivity contribution in [3.8, 4) is 22.9 Å². The Morgan fingerprint density at radius 3 is 2.00 bits per heavy atom. The highest BCUT2D eigenvalue weighted by Crippen LogP contribution is 2.41. The lowest BCUT2D eigenvalue weighted by Crippen LogP contribution is -2.40. The molecule has 5 aromatic rings. The van der Waals surface area contributed by atoms with Crippen LogP contribution in [0, 0.1) is 0 Å². The van der Waals surface area contributed by atoms with Crippen LogP contribution in [0.15, 0.2) is 70.2 Å². The summed E-state index contributed by atoms with van der Waals surface area (Å²) >= 11 is 2.11. The summed E-state index contributed by atoms with van der Waals surface area (Å²) in [6.45, 7) is 4.62. The van der Waals surface area contributed by atoms with Crippen LogP contribution in [0.3, 0.4) is 0 Å². The molecule has 2 N–H and O–H groups in total. The fraction of sp³-hybridized carbons (Fsp3) is 0.226. The second-order valence-electron chi connectivity index (χ2n) is 9.91. The molecule has 11 nitrogen and oxygen atoms in total. The average molecular weight is 632 g/mol. The van der Waals surface area contributed by atoms with Gasteiger partial charge in [0.1, 0.15) is 28.9 Å². The second-order valence-corrected chi connectivity index (χ2v) is 11.6. The number of H-pyrrole nitrogens is 1. The number of methoxy groups -OCH3 is 1. The Hall–Kier alpha value is -4.88. The molecule has 44 heavy (non-hydrogen) atoms. The van der Waals surface area contributed by atoms with Crippen molar-refractivity contribution in [2.75, 3.05) is 12.0 Å². The monoisotopic (exact) mass is 631 g/mol. The number of amides is 1. The summed E-state index contributed by atoms with van der Waals surface area (Å²) in [5.41, 5.74) is 1.01. The first kappa shape index (κ1) is 30.6. The van der Waals surface area contributed by atoms with Gasteiger partial charge in [0, 0.05) is 36.1 Å². The normalized spacial score (nSPS) is 12.5. The number of nitrogens with one attached hydrogen (secondary N) is 1. The second kappa shape index (κ2) is 12.8. The van der Waals surface area contributed by atoms with Gasteiger partial charge in [-0.05, 0) is 36.2 Å². The Morgan fingerprint density at radius 2 is 1.52 bits per heavy atom. The van der Waals surface area contributed by atoms with Gasteiger partial charge in [-0.3, -0.25) is 14.4 Å². The summed E-state index contributed by atoms with van der Waals surface area (Å²) < 4.78 is 6.28. The highest BCUT2D eigenvalue weighted by molar-refractivity contribution is 7.16. The molecular weight excluding hydrogens is 603 g/mol. The van der Waals surface area contributed by atoms with Gasteiger partial charge in [0.05, 0.1) is 7.11 Å². The van der Waals surface area contributed by atoms with E-state index in [2.05, 4.69) is 15.0 Å². The van der Waals surface area contributed by atoms with Crippen molar-refractivity contribution in [3.05, 3.63) is 92.8 Å². The molecule has 3 heterocycles. The largest absolute Gasteiger partial charge is 0.497 e. The molecule has 0 spiro atoms. The van der Waals surface area contributed by atoms with Gasteiger partial charge in [-0.2, -0.15) is 0 Å². The molecule has 226 valence electrons. The Morgan fingerprint density at radius 1 is 0.955 bits per heavy atom. The third-order valence-corrected chi connectivity index (χ3v) is 8.82. The van der Waals surface area contributed by atoms with Crippen molar-refractivity contribution < 1.29 is 24.2 Å². The van der Waals surface area contributed by atoms with Crippen LogP contribution in [0.5, 0.6) is 11.6 Å². The molecule has 5 rings (SSSR count). The maximum Gasteiger partial charge on any atom is 0.329 e. The first-order valence-corrected chi connectivity index (χ1v) is 15.4. The number of Topliss-reactive ketones (excluding diaryl/α,β-unsaturated/α-hetero) is 2. The Labute approximate surface area is 260 Å². The number of imidazole rings is 1. The molecule has 0 aliphatic heterocycles. The van der Waals surface area contributed by atoms with Crippen LogP contribution in [-0.2, 0) is 4.79 Å². The number of hydrogen-bond donors (Lipinski definition) is 2. The van der Waals surface area contributed by atoms with E-state index < -0.39 is 29.4 Å². The summed E-state index contributed by atoms with van der Waals surface area (Å²) in [5, 5.41) is 14.9. The van der Waals surface area contributed by atoms with Gasteiger partial charge in [-0.1, -0.05) is 37.3 Å². The number of ether oxygens (including phenoxy) is 1. The van der Waals surface area contributed by atoms with Gasteiger partial charge in [-0.25, -0.2) is 24.2 Å². The SMILES string of the molecule is CC[C@@H](c1ccccc1)[C@@H](C(=O)N(c1nc(C(C)=O)cs1)c1nc(C(C)=O)cs1)n1c(O)c(-c2ccc(OC)cc2)[nH]c1=O. The smallest absolute Gasteiger partial charge is 0.329 e. The molecule has 0 bridgehead atoms. The van der Waals surface area contributed by atoms with E-state index in [4.69, 9.17) is 4.74 Å². The van der Waals surface area contributed by atoms with E-state index in [-0.39, 0.29) is 38.9 Å². The number of rotatable bonds is 11. The first-order chi connectivity index (χ1) is 21.1. The van der Waals surface area contributed by atoms with Crippen LogP contribution in [0.1, 0.15) is 65.7 Å². The summed E-state index contributed by atoms with van der Waals surface area (Å²) in [7, 11) is 1.53. The van der Waals surface area contributed by atoms with Crippen LogP contribution in [-0.4, -0.2) is 49.2 Å². The molecule has 0 aliphatic carbocycles. The molecular formula is C31H29N5O6S2. The molecule has 0 unspecified atom stereocenters. The van der Waals surface area contributed by atoms with Crippen molar-refractivity contribution >= 4 is 50.4 Å². The lowest BCUT2D eigenvalue weighted by molar-refractivity contribution is -0.122. The molecule has 13 heteroatoms. The minimum absolute atomic E-state index is 0.131. The number of thiazole rings is 2. The number of nitrogens with zero attached hydrogens (tertiary/aromatic N) is 4. The van der Waals surface area contributed by atoms with Crippen LogP contribution < -0.4 is 15.3 Å². The Kier molecular flexibility index (Phi) is 8.88. The van der Waals surface area contributed by atoms with E-state index in [1.54, 1.807) is 24.3 Å². The lowest BCUT2D eigenvalue weighted by Gasteiger charge is -2.30. The Balaban J connectivity index is 1.73. The number of benzene rings is 2. The van der Waals surface area contributed by atoms with Crippen LogP contribution in [0.4, 0.5) is 10.3 Å². The number of hydrogen-bond acceptors (Lipinski definition) is 10. The van der Waals surface area contributed by atoms with Crippen LogP contribution in [0.2, 0.25) is 0 Å². The van der Waals surface area contributed by atoms with Gasteiger partial charge in [0.25, 0.3) is 5.91 Å². The van der Waals surface area contributed by atoms with Gasteiger partial charge in [-0.15, -0.1) is 22.7 Å². The molecule has 0 saturated carbocycles. The zero-order chi connectivity index (χ0) is 31.5. The average Bonchev–Trinajstić information content (AvgIpc) is 3.77. The summed E-state index contributed by atoms with van der Waals surface area (Å²) in [6, 6.07) is 14.7. The van der Waals surface area contributed by atoms with Crippen molar-refractivity contribution in [2.45, 2.75) is 39.2 Å². The zero-order valence-corrected chi connectivity index (χ0v) is 25.9. The molecule has 0 fully saturated rings. The zero-order valence-electron chi connectivity index (χ0n) is 24.3. The number of aromatic nitrogens is 4. The summed E-state index contributed by atoms with van der Waals surface area (Å²) in [6.07, 6.45) is 0.413. The fourth-order valence-electron chi connectivity index (χ4n) is 4.92. The minimum Gasteiger partial charge on any atom is -0.497 e. The maximum absolute atomic E-state index is 14.9. The van der Waals surface area contributed by atoms with Gasteiger partial charge in [0.2, 0.25) is 5.88 Å². The number of carbonyl (C=O) groups excluding carboxylic acids is 3. The van der Waals surface area contributed by atoms with E-state index in [0.717, 1.165) is 32.8 Å². The van der Waals surface area contributed by atoms with E-state index in [1.165, 1.54) is 36.6 Å². The summed E-state index contributed by atoms with van der Waals surface area (Å²) in [4.78, 5) is 65.6. The Bertz CT molecular complexity index is 1820. The standard InChI is InChI=1S/C31H29N5O6S2/c1-5-22(19-9-7-6-8-10-19)26(35-27(39)25(34-29(35)41)20-11-13-21(42-4)14-12-20)28(40)36(30-32-23(15-43-30)17(2)37)31-33-24(16-44-31)18(3)38/h6-16,22,26,39H,5H2,1-4H3,(H,34,41)/t22-,26-/m0/s1. The van der Waals surface area contributed by atoms with Crippen molar-refractivity contribution in [1.82, 2.24) is 19.5 Å². The quantitative estimate of drug-likeness (QED) is 0.169. The van der Waals surface area contributed by atoms with Gasteiger partial charge in [0.15, 0.2) is 21.8 Å². The lowest BCUT2D eigenvalue weighted by atomic mass is 9.88. The molecule has 0 aliphatic rings. The van der Waals surface area contributed by atoms with Crippen LogP contribution >= 0.6 is 22.7 Å². The van der Waals surface area contributed by atoms with E-state index in [0.29, 0.717) is 17.7 Å². The highest BCUT2D eigenvalue weighted by Gasteiger charge is 2.40. The number of anilines is 2. The third-order valence-electron chi connectivity index (χ3n) is 7.17. The predicted molar refractivity (Wildman–Crippen MR) is 169 cm³/mol. The fourth-order valence-corrected chi connectivity index (χ4v) is 6.72. The van der Waals surface area contributed by atoms with E-state index in [1.807, 2.05) is 37.3 Å². The van der Waals surface area contributed by atoms with Crippen molar-refractivity contribution in [1.29, 1.82) is 0 Å². The van der Waals surface area contributed by atoms with E-state index >= 15 is 0 Å². The third kappa shape index (κ3) is 5.83. The number of carbonyl (C=O) groups is 3. The van der Waals surface area contributed by atoms with E-state index in [9.17, 15) is 24.3 Å². The van der Waals surface area contributed by atoms with Gasteiger partial charge >= 0.3 is 5.69 Å². The molecule has 1 amide bonds. The van der Waals surface area contributed by atoms with Crippen LogP contribution in [0.25, 0.3) is 11.3 Å². The first-order valence-electron chi connectivity index (χ1n) is 13.6. The van der Waals surface area contributed by atoms with Crippen molar-refractivity contribution in [2.24, 2.45) is 0 Å². The molecule has 0 radical (unpaired) electrons. The maximum atomic E-state index is 14.9. The molecule has 3 aromatic heterocycles. The number of ketones is 2. The summed E-state index contributed by atoms with van der Waals surface area (Å²) in [5.74, 6) is -1.64. The molecule has 2 atom stereocenters. The van der Waals surface area contributed by atoms with Gasteiger partial charge < -0.3 is 14.8 Å². The molecule has 2 aromatic carbocycles.